The zero-order chi connectivity index (χ0) is 28.8. The Kier molecular flexibility index (Phi) is 13.3. The van der Waals surface area contributed by atoms with Gasteiger partial charge in [0.15, 0.2) is 0 Å². The molecule has 12 nitrogen and oxygen atoms in total. The van der Waals surface area contributed by atoms with Gasteiger partial charge >= 0.3 is 8.56 Å². The Balaban J connectivity index is 1.79. The Hall–Kier alpha value is -3.04. The van der Waals surface area contributed by atoms with Gasteiger partial charge in [-0.05, 0) is 61.1 Å². The van der Waals surface area contributed by atoms with Crippen molar-refractivity contribution in [2.24, 2.45) is 0 Å². The van der Waals surface area contributed by atoms with Crippen molar-refractivity contribution in [1.29, 1.82) is 0 Å². The lowest BCUT2D eigenvalue weighted by Crippen LogP contribution is -2.39. The van der Waals surface area contributed by atoms with Crippen LogP contribution in [0.15, 0.2) is 42.5 Å². The SMILES string of the molecule is CO[Si](C)(CCCSCCCOc1ccc(CC(CO)NC(=O)c2cc([N+](=O)[O-])cc([N+](=O)[O-])c2)cc1)OC. The summed E-state index contributed by atoms with van der Waals surface area (Å²) >= 11 is 1.88. The van der Waals surface area contributed by atoms with Crippen LogP contribution in [0.1, 0.15) is 28.8 Å². The molecule has 0 saturated carbocycles. The van der Waals surface area contributed by atoms with E-state index in [1.165, 1.54) is 0 Å². The van der Waals surface area contributed by atoms with Crippen LogP contribution in [0, 0.1) is 20.2 Å². The lowest BCUT2D eigenvalue weighted by atomic mass is 10.1. The molecule has 0 saturated heterocycles. The molecule has 0 aliphatic carbocycles. The highest BCUT2D eigenvalue weighted by atomic mass is 32.2. The van der Waals surface area contributed by atoms with E-state index in [0.717, 1.165) is 54.2 Å². The molecular weight excluding hydrogens is 546 g/mol. The van der Waals surface area contributed by atoms with Crippen LogP contribution in [0.4, 0.5) is 11.4 Å². The average molecular weight is 582 g/mol. The molecule has 39 heavy (non-hydrogen) atoms. The minimum Gasteiger partial charge on any atom is -0.494 e. The number of thioether (sulfide) groups is 1. The number of nitro groups is 2. The third kappa shape index (κ3) is 10.9. The monoisotopic (exact) mass is 581 g/mol. The van der Waals surface area contributed by atoms with Gasteiger partial charge in [0.2, 0.25) is 0 Å². The van der Waals surface area contributed by atoms with Gasteiger partial charge in [0.05, 0.1) is 40.7 Å². The number of aliphatic hydroxyl groups is 1. The number of hydrogen-bond donors (Lipinski definition) is 2. The maximum atomic E-state index is 12.6. The largest absolute Gasteiger partial charge is 0.494 e. The molecule has 2 N–H and O–H groups in total. The summed E-state index contributed by atoms with van der Waals surface area (Å²) in [5.74, 6) is 1.98. The van der Waals surface area contributed by atoms with Crippen LogP contribution in [0.3, 0.4) is 0 Å². The van der Waals surface area contributed by atoms with E-state index in [9.17, 15) is 30.1 Å². The fraction of sp³-hybridized carbons (Fsp3) is 0.480. The average Bonchev–Trinajstić information content (AvgIpc) is 2.94. The molecule has 0 aliphatic heterocycles. The minimum atomic E-state index is -1.99. The third-order valence-corrected chi connectivity index (χ3v) is 10.2. The second-order valence-electron chi connectivity index (χ2n) is 8.91. The first-order valence-corrected chi connectivity index (χ1v) is 16.0. The molecule has 1 unspecified atom stereocenters. The van der Waals surface area contributed by atoms with Crippen LogP contribution in [-0.2, 0) is 15.3 Å². The number of ether oxygens (including phenoxy) is 1. The number of rotatable bonds is 18. The smallest absolute Gasteiger partial charge is 0.334 e. The van der Waals surface area contributed by atoms with Crippen molar-refractivity contribution in [2.75, 3.05) is 38.9 Å². The minimum absolute atomic E-state index is 0.235. The molecule has 2 aromatic rings. The van der Waals surface area contributed by atoms with Crippen LogP contribution in [0.5, 0.6) is 5.75 Å². The standard InChI is InChI=1S/C25H35N3O9SSi/c1-35-39(3,36-2)13-5-12-38-11-4-10-37-24-8-6-19(7-9-24)14-21(18-29)26-25(30)20-15-22(27(31)32)17-23(16-20)28(33)34/h6-9,15-17,21,29H,4-5,10-14,18H2,1-3H3,(H,26,30). The first-order chi connectivity index (χ1) is 18.6. The predicted molar refractivity (Wildman–Crippen MR) is 151 cm³/mol. The molecule has 0 bridgehead atoms. The number of aliphatic hydroxyl groups excluding tert-OH is 1. The molecule has 214 valence electrons. The molecule has 0 radical (unpaired) electrons. The van der Waals surface area contributed by atoms with Gasteiger partial charge in [-0.15, -0.1) is 0 Å². The van der Waals surface area contributed by atoms with Crippen molar-refractivity contribution in [2.45, 2.75) is 37.9 Å². The number of carbonyl (C=O) groups excluding carboxylic acids is 1. The number of nitrogens with zero attached hydrogens (tertiary/aromatic N) is 2. The van der Waals surface area contributed by atoms with E-state index in [-0.39, 0.29) is 12.0 Å². The molecule has 2 aromatic carbocycles. The van der Waals surface area contributed by atoms with Crippen molar-refractivity contribution >= 4 is 37.6 Å². The number of nitrogens with one attached hydrogen (secondary N) is 1. The number of carbonyl (C=O) groups is 1. The summed E-state index contributed by atoms with van der Waals surface area (Å²) in [4.78, 5) is 33.2. The maximum Gasteiger partial charge on any atom is 0.334 e. The van der Waals surface area contributed by atoms with Crippen LogP contribution >= 0.6 is 11.8 Å². The maximum absolute atomic E-state index is 12.6. The zero-order valence-electron chi connectivity index (χ0n) is 22.3. The van der Waals surface area contributed by atoms with Gasteiger partial charge in [0, 0.05) is 26.4 Å². The Morgan fingerprint density at radius 1 is 1.03 bits per heavy atom. The summed E-state index contributed by atoms with van der Waals surface area (Å²) < 4.78 is 16.8. The number of amides is 1. The van der Waals surface area contributed by atoms with Crippen molar-refractivity contribution < 1.29 is 33.3 Å². The number of nitro benzene ring substituents is 2. The van der Waals surface area contributed by atoms with Crippen molar-refractivity contribution in [3.8, 4) is 5.75 Å². The quantitative estimate of drug-likeness (QED) is 0.113. The lowest BCUT2D eigenvalue weighted by molar-refractivity contribution is -0.394. The topological polar surface area (TPSA) is 163 Å². The highest BCUT2D eigenvalue weighted by molar-refractivity contribution is 7.99. The van der Waals surface area contributed by atoms with Gasteiger partial charge in [0.1, 0.15) is 5.75 Å². The van der Waals surface area contributed by atoms with Gasteiger partial charge in [-0.2, -0.15) is 11.8 Å². The van der Waals surface area contributed by atoms with Gasteiger partial charge in [-0.3, -0.25) is 25.0 Å². The summed E-state index contributed by atoms with van der Waals surface area (Å²) in [7, 11) is 1.42. The van der Waals surface area contributed by atoms with Gasteiger partial charge in [-0.1, -0.05) is 12.1 Å². The second-order valence-corrected chi connectivity index (χ2v) is 13.7. The second kappa shape index (κ2) is 16.2. The normalized spacial score (nSPS) is 12.1. The highest BCUT2D eigenvalue weighted by Crippen LogP contribution is 2.23. The van der Waals surface area contributed by atoms with Crippen LogP contribution in [-0.4, -0.2) is 74.4 Å². The summed E-state index contributed by atoms with van der Waals surface area (Å²) in [6.45, 7) is 2.25. The lowest BCUT2D eigenvalue weighted by Gasteiger charge is -2.22. The molecule has 2 rings (SSSR count). The van der Waals surface area contributed by atoms with Crippen molar-refractivity contribution in [3.63, 3.8) is 0 Å². The molecule has 1 amide bonds. The van der Waals surface area contributed by atoms with E-state index < -0.39 is 48.3 Å². The summed E-state index contributed by atoms with van der Waals surface area (Å²) in [6, 6.07) is 10.2. The van der Waals surface area contributed by atoms with Gasteiger partial charge < -0.3 is 24.0 Å². The molecule has 0 aromatic heterocycles. The Bertz CT molecular complexity index is 1070. The molecule has 14 heteroatoms. The molecule has 1 atom stereocenters. The summed E-state index contributed by atoms with van der Waals surface area (Å²) in [5.41, 5.74) is -0.545. The Labute approximate surface area is 232 Å². The predicted octanol–water partition coefficient (Wildman–Crippen LogP) is 4.09. The van der Waals surface area contributed by atoms with E-state index in [1.807, 2.05) is 36.0 Å². The number of non-ortho nitro benzene ring substituents is 2. The Morgan fingerprint density at radius 2 is 1.62 bits per heavy atom. The van der Waals surface area contributed by atoms with Crippen molar-refractivity contribution in [3.05, 3.63) is 73.8 Å². The summed E-state index contributed by atoms with van der Waals surface area (Å²) in [6.07, 6.45) is 2.24. The molecule has 0 spiro atoms. The van der Waals surface area contributed by atoms with Crippen LogP contribution in [0.2, 0.25) is 12.6 Å². The van der Waals surface area contributed by atoms with Crippen LogP contribution < -0.4 is 10.1 Å². The molecular formula is C25H35N3O9SSi. The van der Waals surface area contributed by atoms with E-state index >= 15 is 0 Å². The fourth-order valence-corrected chi connectivity index (χ4v) is 6.13. The van der Waals surface area contributed by atoms with E-state index in [4.69, 9.17) is 13.6 Å². The fourth-order valence-electron chi connectivity index (χ4n) is 3.61. The highest BCUT2D eigenvalue weighted by Gasteiger charge is 2.27. The van der Waals surface area contributed by atoms with E-state index in [2.05, 4.69) is 11.9 Å². The molecule has 0 aliphatic rings. The van der Waals surface area contributed by atoms with Gasteiger partial charge in [0.25, 0.3) is 17.3 Å². The zero-order valence-corrected chi connectivity index (χ0v) is 24.1. The molecule has 0 fully saturated rings. The Morgan fingerprint density at radius 3 is 2.15 bits per heavy atom. The van der Waals surface area contributed by atoms with E-state index in [1.54, 1.807) is 14.2 Å². The van der Waals surface area contributed by atoms with E-state index in [0.29, 0.717) is 12.4 Å². The van der Waals surface area contributed by atoms with Gasteiger partial charge in [-0.25, -0.2) is 0 Å². The number of benzene rings is 2. The first kappa shape index (κ1) is 32.2. The summed E-state index contributed by atoms with van der Waals surface area (Å²) in [5, 5.41) is 34.5. The third-order valence-electron chi connectivity index (χ3n) is 6.03. The van der Waals surface area contributed by atoms with Crippen LogP contribution in [0.25, 0.3) is 0 Å². The first-order valence-electron chi connectivity index (χ1n) is 12.4. The van der Waals surface area contributed by atoms with Crippen molar-refractivity contribution in [1.82, 2.24) is 5.32 Å². The molecule has 0 heterocycles. The number of hydrogen-bond acceptors (Lipinski definition) is 10.